The maximum absolute atomic E-state index is 11.6. The van der Waals surface area contributed by atoms with Crippen molar-refractivity contribution in [1.29, 1.82) is 5.26 Å². The zero-order valence-electron chi connectivity index (χ0n) is 11.8. The van der Waals surface area contributed by atoms with Gasteiger partial charge in [-0.2, -0.15) is 5.26 Å². The van der Waals surface area contributed by atoms with Gasteiger partial charge in [-0.15, -0.1) is 11.3 Å². The van der Waals surface area contributed by atoms with E-state index in [2.05, 4.69) is 11.0 Å². The minimum absolute atomic E-state index is 0.0838. The van der Waals surface area contributed by atoms with Gasteiger partial charge in [-0.1, -0.05) is 0 Å². The zero-order chi connectivity index (χ0) is 14.7. The van der Waals surface area contributed by atoms with Crippen LogP contribution in [0.25, 0.3) is 0 Å². The molecule has 0 amide bonds. The average Bonchev–Trinajstić information content (AvgIpc) is 2.77. The lowest BCUT2D eigenvalue weighted by molar-refractivity contribution is 0.0460. The van der Waals surface area contributed by atoms with Crippen molar-refractivity contribution in [3.05, 3.63) is 10.4 Å². The monoisotopic (exact) mass is 293 g/mol. The van der Waals surface area contributed by atoms with E-state index < -0.39 is 0 Å². The molecule has 0 unspecified atom stereocenters. The molecule has 1 saturated heterocycles. The number of rotatable bonds is 4. The van der Waals surface area contributed by atoms with E-state index in [4.69, 9.17) is 10.5 Å². The smallest absolute Gasteiger partial charge is 0.171 e. The van der Waals surface area contributed by atoms with Crippen LogP contribution < -0.4 is 10.6 Å². The molecule has 0 radical (unpaired) electrons. The highest BCUT2D eigenvalue weighted by Gasteiger charge is 2.26. The molecular weight excluding hydrogens is 274 g/mol. The van der Waals surface area contributed by atoms with Crippen LogP contribution in [-0.4, -0.2) is 31.6 Å². The molecule has 0 atom stereocenters. The molecule has 1 aliphatic heterocycles. The first-order valence-electron chi connectivity index (χ1n) is 6.78. The maximum Gasteiger partial charge on any atom is 0.171 e. The molecule has 5 nitrogen and oxygen atoms in total. The second-order valence-corrected chi connectivity index (χ2v) is 5.83. The summed E-state index contributed by atoms with van der Waals surface area (Å²) in [6.07, 6.45) is 2.17. The summed E-state index contributed by atoms with van der Waals surface area (Å²) < 4.78 is 5.62. The molecule has 1 aromatic rings. The van der Waals surface area contributed by atoms with Crippen LogP contribution in [0.1, 0.15) is 41.9 Å². The van der Waals surface area contributed by atoms with Crippen molar-refractivity contribution in [1.82, 2.24) is 0 Å². The van der Waals surface area contributed by atoms with Gasteiger partial charge in [0.25, 0.3) is 0 Å². The standard InChI is InChI=1S/C14H19N3O2S/c1-3-19-10-4-6-17(7-5-10)14-11(8-15)12(16)13(20-14)9(2)18/h10H,3-7,16H2,1-2H3. The Morgan fingerprint density at radius 1 is 1.55 bits per heavy atom. The molecule has 0 spiro atoms. The first-order valence-corrected chi connectivity index (χ1v) is 7.60. The van der Waals surface area contributed by atoms with Gasteiger partial charge in [-0.05, 0) is 19.8 Å². The Morgan fingerprint density at radius 3 is 2.70 bits per heavy atom. The normalized spacial score (nSPS) is 16.1. The summed E-state index contributed by atoms with van der Waals surface area (Å²) in [6, 6.07) is 2.13. The van der Waals surface area contributed by atoms with E-state index in [9.17, 15) is 10.1 Å². The number of ether oxygens (including phenoxy) is 1. The number of carbonyl (C=O) groups excluding carboxylic acids is 1. The quantitative estimate of drug-likeness (QED) is 0.862. The van der Waals surface area contributed by atoms with E-state index in [-0.39, 0.29) is 5.78 Å². The van der Waals surface area contributed by atoms with Crippen molar-refractivity contribution in [2.75, 3.05) is 30.3 Å². The summed E-state index contributed by atoms with van der Waals surface area (Å²) in [5.74, 6) is -0.0838. The number of hydrogen-bond donors (Lipinski definition) is 1. The lowest BCUT2D eigenvalue weighted by Crippen LogP contribution is -2.37. The van der Waals surface area contributed by atoms with Gasteiger partial charge >= 0.3 is 0 Å². The number of anilines is 2. The number of nitrogen functional groups attached to an aromatic ring is 1. The molecule has 0 bridgehead atoms. The van der Waals surface area contributed by atoms with Crippen molar-refractivity contribution in [3.8, 4) is 6.07 Å². The Hall–Kier alpha value is -1.58. The van der Waals surface area contributed by atoms with E-state index in [0.29, 0.717) is 22.2 Å². The molecule has 2 rings (SSSR count). The average molecular weight is 293 g/mol. The minimum Gasteiger partial charge on any atom is -0.396 e. The van der Waals surface area contributed by atoms with Gasteiger partial charge in [0, 0.05) is 26.6 Å². The third-order valence-electron chi connectivity index (χ3n) is 3.49. The predicted molar refractivity (Wildman–Crippen MR) is 80.3 cm³/mol. The fourth-order valence-corrected chi connectivity index (χ4v) is 3.60. The van der Waals surface area contributed by atoms with Crippen LogP contribution in [0, 0.1) is 11.3 Å². The van der Waals surface area contributed by atoms with Crippen molar-refractivity contribution in [2.45, 2.75) is 32.8 Å². The van der Waals surface area contributed by atoms with Crippen molar-refractivity contribution in [2.24, 2.45) is 0 Å². The Labute approximate surface area is 122 Å². The molecule has 20 heavy (non-hydrogen) atoms. The number of hydrogen-bond acceptors (Lipinski definition) is 6. The Morgan fingerprint density at radius 2 is 2.20 bits per heavy atom. The topological polar surface area (TPSA) is 79.3 Å². The third-order valence-corrected chi connectivity index (χ3v) is 4.86. The number of piperidine rings is 1. The minimum atomic E-state index is -0.0838. The molecule has 1 fully saturated rings. The van der Waals surface area contributed by atoms with Crippen LogP contribution in [0.15, 0.2) is 0 Å². The van der Waals surface area contributed by atoms with Gasteiger partial charge in [0.1, 0.15) is 16.6 Å². The molecule has 0 aromatic carbocycles. The highest BCUT2D eigenvalue weighted by atomic mass is 32.1. The number of nitriles is 1. The summed E-state index contributed by atoms with van der Waals surface area (Å²) in [5.41, 5.74) is 6.68. The van der Waals surface area contributed by atoms with E-state index in [0.717, 1.165) is 37.5 Å². The first-order chi connectivity index (χ1) is 9.58. The van der Waals surface area contributed by atoms with Crippen LogP contribution in [0.5, 0.6) is 0 Å². The summed E-state index contributed by atoms with van der Waals surface area (Å²) in [7, 11) is 0. The zero-order valence-corrected chi connectivity index (χ0v) is 12.6. The molecule has 6 heteroatoms. The van der Waals surface area contributed by atoms with Gasteiger partial charge in [0.2, 0.25) is 0 Å². The highest BCUT2D eigenvalue weighted by molar-refractivity contribution is 7.19. The lowest BCUT2D eigenvalue weighted by atomic mass is 10.1. The van der Waals surface area contributed by atoms with Gasteiger partial charge in [0.05, 0.1) is 16.7 Å². The molecular formula is C14H19N3O2S. The van der Waals surface area contributed by atoms with E-state index in [1.165, 1.54) is 18.3 Å². The molecule has 0 aliphatic carbocycles. The van der Waals surface area contributed by atoms with E-state index in [1.807, 2.05) is 6.92 Å². The maximum atomic E-state index is 11.6. The van der Waals surface area contributed by atoms with Crippen molar-refractivity contribution < 1.29 is 9.53 Å². The SMILES string of the molecule is CCOC1CCN(c2sc(C(C)=O)c(N)c2C#N)CC1. The van der Waals surface area contributed by atoms with Gasteiger partial charge < -0.3 is 15.4 Å². The van der Waals surface area contributed by atoms with Crippen LogP contribution in [0.4, 0.5) is 10.7 Å². The summed E-state index contributed by atoms with van der Waals surface area (Å²) >= 11 is 1.33. The van der Waals surface area contributed by atoms with Gasteiger partial charge in [-0.3, -0.25) is 4.79 Å². The van der Waals surface area contributed by atoms with Crippen molar-refractivity contribution in [3.63, 3.8) is 0 Å². The van der Waals surface area contributed by atoms with Crippen LogP contribution >= 0.6 is 11.3 Å². The fraction of sp³-hybridized carbons (Fsp3) is 0.571. The molecule has 2 heterocycles. The van der Waals surface area contributed by atoms with Gasteiger partial charge in [-0.25, -0.2) is 0 Å². The summed E-state index contributed by atoms with van der Waals surface area (Å²) in [4.78, 5) is 14.2. The number of nitrogens with zero attached hydrogens (tertiary/aromatic N) is 2. The molecule has 0 saturated carbocycles. The van der Waals surface area contributed by atoms with Crippen LogP contribution in [0.3, 0.4) is 0 Å². The lowest BCUT2D eigenvalue weighted by Gasteiger charge is -2.32. The van der Waals surface area contributed by atoms with Crippen molar-refractivity contribution >= 4 is 27.8 Å². The fourth-order valence-electron chi connectivity index (χ4n) is 2.48. The summed E-state index contributed by atoms with van der Waals surface area (Å²) in [6.45, 7) is 5.87. The molecule has 2 N–H and O–H groups in total. The Balaban J connectivity index is 2.20. The predicted octanol–water partition coefficient (Wildman–Crippen LogP) is 2.41. The third kappa shape index (κ3) is 2.79. The first kappa shape index (κ1) is 14.8. The second kappa shape index (κ2) is 6.25. The summed E-state index contributed by atoms with van der Waals surface area (Å²) in [5, 5.41) is 10.1. The number of ketones is 1. The van der Waals surface area contributed by atoms with E-state index >= 15 is 0 Å². The van der Waals surface area contributed by atoms with Crippen LogP contribution in [0.2, 0.25) is 0 Å². The number of carbonyl (C=O) groups is 1. The number of nitrogens with two attached hydrogens (primary N) is 1. The van der Waals surface area contributed by atoms with Crippen LogP contribution in [-0.2, 0) is 4.74 Å². The Bertz CT molecular complexity index is 539. The van der Waals surface area contributed by atoms with E-state index in [1.54, 1.807) is 0 Å². The van der Waals surface area contributed by atoms with Gasteiger partial charge in [0.15, 0.2) is 5.78 Å². The second-order valence-electron chi connectivity index (χ2n) is 4.83. The number of Topliss-reactive ketones (excluding diaryl/α,β-unsaturated/α-hetero) is 1. The molecule has 108 valence electrons. The largest absolute Gasteiger partial charge is 0.396 e. The number of thiophene rings is 1. The molecule has 1 aliphatic rings. The Kier molecular flexibility index (Phi) is 4.63. The molecule has 1 aromatic heterocycles. The highest BCUT2D eigenvalue weighted by Crippen LogP contribution is 2.39.